The summed E-state index contributed by atoms with van der Waals surface area (Å²) in [4.78, 5) is 40.4. The van der Waals surface area contributed by atoms with E-state index >= 15 is 0 Å². The predicted molar refractivity (Wildman–Crippen MR) is 117 cm³/mol. The average molecular weight is 418 g/mol. The largest absolute Gasteiger partial charge is 0.504 e. The lowest BCUT2D eigenvalue weighted by Gasteiger charge is -2.30. The summed E-state index contributed by atoms with van der Waals surface area (Å²) in [6, 6.07) is 10.7. The van der Waals surface area contributed by atoms with Crippen LogP contribution >= 0.6 is 0 Å². The summed E-state index contributed by atoms with van der Waals surface area (Å²) in [5.74, 6) is 0.109. The number of ether oxygens (including phenoxy) is 1. The van der Waals surface area contributed by atoms with Crippen LogP contribution in [0.4, 0.5) is 0 Å². The number of phenols is 1. The number of allylic oxidation sites excluding steroid dienone is 2. The van der Waals surface area contributed by atoms with Gasteiger partial charge in [-0.3, -0.25) is 14.4 Å². The zero-order valence-corrected chi connectivity index (χ0v) is 17.5. The molecule has 3 aromatic rings. The van der Waals surface area contributed by atoms with E-state index in [1.165, 1.54) is 22.5 Å². The molecule has 31 heavy (non-hydrogen) atoms. The van der Waals surface area contributed by atoms with Gasteiger partial charge in [-0.05, 0) is 41.7 Å². The maximum absolute atomic E-state index is 13.6. The summed E-state index contributed by atoms with van der Waals surface area (Å²) in [5, 5.41) is 10.7. The second-order valence-electron chi connectivity index (χ2n) is 8.95. The summed E-state index contributed by atoms with van der Waals surface area (Å²) in [5.41, 5.74) is 0.642. The van der Waals surface area contributed by atoms with Gasteiger partial charge in [0.1, 0.15) is 6.04 Å². The molecule has 0 spiro atoms. The number of fused-ring (bicyclic) bond motifs is 3. The number of carbonyl (C=O) groups excluding carboxylic acids is 1. The molecule has 7 nitrogen and oxygen atoms in total. The molecule has 5 rings (SSSR count). The van der Waals surface area contributed by atoms with E-state index in [9.17, 15) is 19.5 Å². The van der Waals surface area contributed by atoms with E-state index in [-0.39, 0.29) is 33.8 Å². The van der Waals surface area contributed by atoms with Gasteiger partial charge in [0.25, 0.3) is 11.1 Å². The topological polar surface area (TPSA) is 90.5 Å². The molecule has 1 unspecified atom stereocenters. The van der Waals surface area contributed by atoms with Crippen molar-refractivity contribution >= 4 is 22.3 Å². The molecule has 0 fully saturated rings. The van der Waals surface area contributed by atoms with Crippen LogP contribution < -0.4 is 15.9 Å². The van der Waals surface area contributed by atoms with E-state index in [1.807, 2.05) is 13.8 Å². The van der Waals surface area contributed by atoms with Crippen molar-refractivity contribution in [1.82, 2.24) is 9.36 Å². The van der Waals surface area contributed by atoms with E-state index in [4.69, 9.17) is 4.74 Å². The van der Waals surface area contributed by atoms with Gasteiger partial charge in [-0.15, -0.1) is 0 Å². The van der Waals surface area contributed by atoms with Gasteiger partial charge < -0.3 is 9.84 Å². The van der Waals surface area contributed by atoms with Crippen LogP contribution in [0.1, 0.15) is 38.3 Å². The van der Waals surface area contributed by atoms with Gasteiger partial charge in [0, 0.05) is 12.0 Å². The lowest BCUT2D eigenvalue weighted by atomic mass is 9.74. The van der Waals surface area contributed by atoms with Crippen molar-refractivity contribution in [2.24, 2.45) is 5.41 Å². The Morgan fingerprint density at radius 2 is 1.68 bits per heavy atom. The quantitative estimate of drug-likeness (QED) is 0.691. The molecule has 1 aliphatic heterocycles. The maximum atomic E-state index is 13.6. The zero-order chi connectivity index (χ0) is 22.1. The van der Waals surface area contributed by atoms with Crippen LogP contribution in [0.25, 0.3) is 16.5 Å². The Morgan fingerprint density at radius 3 is 2.35 bits per heavy atom. The monoisotopic (exact) mass is 418 g/mol. The minimum Gasteiger partial charge on any atom is -0.504 e. The molecule has 0 saturated carbocycles. The molecule has 0 amide bonds. The highest BCUT2D eigenvalue weighted by atomic mass is 16.5. The smallest absolute Gasteiger partial charge is 0.277 e. The average Bonchev–Trinajstić information content (AvgIpc) is 3.07. The Labute approximate surface area is 177 Å². The first-order chi connectivity index (χ1) is 14.7. The van der Waals surface area contributed by atoms with Crippen molar-refractivity contribution in [2.45, 2.75) is 32.7 Å². The van der Waals surface area contributed by atoms with Gasteiger partial charge >= 0.3 is 0 Å². The number of hydrogen-bond acceptors (Lipinski definition) is 5. The first-order valence-electron chi connectivity index (χ1n) is 10.1. The van der Waals surface area contributed by atoms with E-state index in [0.717, 1.165) is 0 Å². The second-order valence-corrected chi connectivity index (χ2v) is 8.95. The van der Waals surface area contributed by atoms with E-state index < -0.39 is 6.04 Å². The maximum Gasteiger partial charge on any atom is 0.277 e. The molecule has 0 radical (unpaired) electrons. The molecule has 2 aromatic carbocycles. The highest BCUT2D eigenvalue weighted by Gasteiger charge is 2.44. The Kier molecular flexibility index (Phi) is 4.02. The number of aromatic nitrogens is 2. The number of carbonyl (C=O) groups is 1. The number of Topliss-reactive ketones (excluding diaryl/α,β-unsaturated/α-hetero) is 1. The first kappa shape index (κ1) is 19.4. The third-order valence-electron chi connectivity index (χ3n) is 6.19. The molecule has 158 valence electrons. The fourth-order valence-corrected chi connectivity index (χ4v) is 4.86. The van der Waals surface area contributed by atoms with E-state index in [0.29, 0.717) is 40.4 Å². The Balaban J connectivity index is 1.91. The zero-order valence-electron chi connectivity index (χ0n) is 17.5. The summed E-state index contributed by atoms with van der Waals surface area (Å²) < 4.78 is 8.03. The molecular weight excluding hydrogens is 396 g/mol. The second kappa shape index (κ2) is 6.44. The molecule has 2 aliphatic rings. The molecule has 1 aromatic heterocycles. The van der Waals surface area contributed by atoms with E-state index in [1.54, 1.807) is 36.4 Å². The van der Waals surface area contributed by atoms with Gasteiger partial charge in [-0.25, -0.2) is 9.36 Å². The number of benzene rings is 2. The summed E-state index contributed by atoms with van der Waals surface area (Å²) >= 11 is 0. The van der Waals surface area contributed by atoms with Crippen LogP contribution in [0.2, 0.25) is 0 Å². The molecule has 2 heterocycles. The Hall–Kier alpha value is -3.61. The summed E-state index contributed by atoms with van der Waals surface area (Å²) in [6.45, 7) is 3.97. The predicted octanol–water partition coefficient (Wildman–Crippen LogP) is 3.08. The van der Waals surface area contributed by atoms with Gasteiger partial charge in [0.2, 0.25) is 0 Å². The molecular formula is C24H22N2O5. The summed E-state index contributed by atoms with van der Waals surface area (Å²) in [7, 11) is 1.44. The van der Waals surface area contributed by atoms with Crippen molar-refractivity contribution in [3.8, 4) is 11.5 Å². The highest BCUT2D eigenvalue weighted by molar-refractivity contribution is 6.04. The highest BCUT2D eigenvalue weighted by Crippen LogP contribution is 2.47. The minimum absolute atomic E-state index is 0.0437. The molecule has 0 bridgehead atoms. The van der Waals surface area contributed by atoms with Crippen LogP contribution in [0.3, 0.4) is 0 Å². The number of methoxy groups -OCH3 is 1. The molecule has 1 N–H and O–H groups in total. The van der Waals surface area contributed by atoms with Gasteiger partial charge in [0.05, 0.1) is 23.6 Å². The van der Waals surface area contributed by atoms with E-state index in [2.05, 4.69) is 0 Å². The standard InChI is InChI=1S/C24H22N2O5/c1-24(2)11-16-20(18(28)12-24)21(13-8-9-17(27)19(10-13)31-3)26-23(30)15-7-5-4-6-14(15)22(29)25(16)26/h4-10,21,27H,11-12H2,1-3H3. The molecule has 0 saturated heterocycles. The third kappa shape index (κ3) is 2.69. The van der Waals surface area contributed by atoms with Crippen LogP contribution in [-0.2, 0) is 4.79 Å². The van der Waals surface area contributed by atoms with Crippen LogP contribution in [0.5, 0.6) is 11.5 Å². The Morgan fingerprint density at radius 1 is 1.00 bits per heavy atom. The first-order valence-corrected chi connectivity index (χ1v) is 10.1. The molecule has 1 aliphatic carbocycles. The molecule has 7 heteroatoms. The van der Waals surface area contributed by atoms with Gasteiger partial charge in [-0.2, -0.15) is 0 Å². The van der Waals surface area contributed by atoms with Crippen molar-refractivity contribution in [3.63, 3.8) is 0 Å². The van der Waals surface area contributed by atoms with Crippen molar-refractivity contribution in [3.05, 3.63) is 74.3 Å². The van der Waals surface area contributed by atoms with Crippen molar-refractivity contribution in [2.75, 3.05) is 7.11 Å². The fraction of sp³-hybridized carbons (Fsp3) is 0.292. The minimum atomic E-state index is -0.766. The number of phenolic OH excluding ortho intramolecular Hbond substituents is 1. The number of nitrogens with zero attached hydrogens (tertiary/aromatic N) is 2. The third-order valence-corrected chi connectivity index (χ3v) is 6.19. The normalized spacial score (nSPS) is 19.5. The number of rotatable bonds is 2. The number of hydrogen-bond donors (Lipinski definition) is 1. The van der Waals surface area contributed by atoms with Crippen molar-refractivity contribution in [1.29, 1.82) is 0 Å². The number of aromatic hydroxyl groups is 1. The Bertz CT molecular complexity index is 1420. The van der Waals surface area contributed by atoms with Crippen molar-refractivity contribution < 1.29 is 14.6 Å². The van der Waals surface area contributed by atoms with Gasteiger partial charge in [0.15, 0.2) is 17.3 Å². The molecule has 1 atom stereocenters. The fourth-order valence-electron chi connectivity index (χ4n) is 4.86. The van der Waals surface area contributed by atoms with Crippen LogP contribution in [0, 0.1) is 5.41 Å². The SMILES string of the molecule is COc1cc(C2C3=C(CC(C)(C)CC3=O)n3c(=O)c4ccccc4c(=O)n32)ccc1O. The van der Waals surface area contributed by atoms with Crippen LogP contribution in [0.15, 0.2) is 57.6 Å². The lowest BCUT2D eigenvalue weighted by molar-refractivity contribution is -0.118. The lowest BCUT2D eigenvalue weighted by Crippen LogP contribution is -2.37. The number of ketones is 1. The summed E-state index contributed by atoms with van der Waals surface area (Å²) in [6.07, 6.45) is 0.825. The van der Waals surface area contributed by atoms with Crippen LogP contribution in [-0.4, -0.2) is 27.4 Å². The van der Waals surface area contributed by atoms with Gasteiger partial charge in [-0.1, -0.05) is 32.0 Å².